The van der Waals surface area contributed by atoms with E-state index in [4.69, 9.17) is 9.26 Å². The number of aromatic nitrogens is 3. The second kappa shape index (κ2) is 8.96. The SMILES string of the molecule is CCOc1ccccc1-c1cc(NC(=O)C2CCCN(c3nc4cccnc4s3)C2)on1. The number of fused-ring (bicyclic) bond motifs is 1. The molecule has 0 bridgehead atoms. The number of amides is 1. The highest BCUT2D eigenvalue weighted by Crippen LogP contribution is 2.32. The van der Waals surface area contributed by atoms with Crippen molar-refractivity contribution in [2.45, 2.75) is 19.8 Å². The van der Waals surface area contributed by atoms with Crippen molar-refractivity contribution in [1.82, 2.24) is 15.1 Å². The lowest BCUT2D eigenvalue weighted by atomic mass is 9.97. The number of carbonyl (C=O) groups excluding carboxylic acids is 1. The molecule has 0 saturated carbocycles. The highest BCUT2D eigenvalue weighted by Gasteiger charge is 2.28. The van der Waals surface area contributed by atoms with Crippen LogP contribution in [-0.4, -0.2) is 40.7 Å². The maximum atomic E-state index is 13.0. The Morgan fingerprint density at radius 3 is 3.09 bits per heavy atom. The molecule has 8 nitrogen and oxygen atoms in total. The summed E-state index contributed by atoms with van der Waals surface area (Å²) in [4.78, 5) is 25.1. The monoisotopic (exact) mass is 449 g/mol. The highest BCUT2D eigenvalue weighted by molar-refractivity contribution is 7.21. The van der Waals surface area contributed by atoms with Crippen LogP contribution in [0, 0.1) is 5.92 Å². The molecule has 32 heavy (non-hydrogen) atoms. The minimum absolute atomic E-state index is 0.0743. The molecule has 5 rings (SSSR count). The number of hydrogen-bond acceptors (Lipinski definition) is 8. The van der Waals surface area contributed by atoms with Gasteiger partial charge in [-0.25, -0.2) is 9.97 Å². The van der Waals surface area contributed by atoms with Crippen LogP contribution in [0.15, 0.2) is 53.2 Å². The van der Waals surface area contributed by atoms with Crippen molar-refractivity contribution in [2.24, 2.45) is 5.92 Å². The Hall–Kier alpha value is -3.46. The molecular weight excluding hydrogens is 426 g/mol. The van der Waals surface area contributed by atoms with Crippen LogP contribution in [0.1, 0.15) is 19.8 Å². The summed E-state index contributed by atoms with van der Waals surface area (Å²) in [7, 11) is 0. The fourth-order valence-corrected chi connectivity index (χ4v) is 4.85. The second-order valence-corrected chi connectivity index (χ2v) is 8.56. The summed E-state index contributed by atoms with van der Waals surface area (Å²) < 4.78 is 11.1. The van der Waals surface area contributed by atoms with Crippen molar-refractivity contribution in [1.29, 1.82) is 0 Å². The van der Waals surface area contributed by atoms with Crippen molar-refractivity contribution in [2.75, 3.05) is 29.9 Å². The predicted octanol–water partition coefficient (Wildman–Crippen LogP) is 4.60. The zero-order valence-corrected chi connectivity index (χ0v) is 18.5. The molecule has 1 aromatic carbocycles. The number of nitrogens with zero attached hydrogens (tertiary/aromatic N) is 4. The standard InChI is InChI=1S/C23H23N5O3S/c1-2-30-19-10-4-3-8-16(19)18-13-20(31-27-18)26-21(29)15-7-6-12-28(14-15)23-25-17-9-5-11-24-22(17)32-23/h3-5,8-11,13,15H,2,6-7,12,14H2,1H3,(H,26,29). The van der Waals surface area contributed by atoms with Crippen molar-refractivity contribution in [3.8, 4) is 17.0 Å². The smallest absolute Gasteiger partial charge is 0.231 e. The first-order chi connectivity index (χ1) is 15.7. The average molecular weight is 450 g/mol. The third-order valence-electron chi connectivity index (χ3n) is 5.44. The molecule has 9 heteroatoms. The molecule has 4 heterocycles. The summed E-state index contributed by atoms with van der Waals surface area (Å²) >= 11 is 1.56. The third-order valence-corrected chi connectivity index (χ3v) is 6.48. The molecule has 164 valence electrons. The van der Waals surface area contributed by atoms with Gasteiger partial charge in [0, 0.05) is 30.9 Å². The molecule has 1 N–H and O–H groups in total. The van der Waals surface area contributed by atoms with Crippen LogP contribution in [0.3, 0.4) is 0 Å². The molecule has 0 radical (unpaired) electrons. The molecule has 1 amide bonds. The number of nitrogens with one attached hydrogen (secondary N) is 1. The van der Waals surface area contributed by atoms with Crippen LogP contribution in [0.25, 0.3) is 21.6 Å². The molecule has 0 spiro atoms. The Balaban J connectivity index is 1.27. The Kier molecular flexibility index (Phi) is 5.72. The maximum absolute atomic E-state index is 13.0. The van der Waals surface area contributed by atoms with Crippen LogP contribution in [-0.2, 0) is 4.79 Å². The van der Waals surface area contributed by atoms with Gasteiger partial charge in [-0.15, -0.1) is 0 Å². The van der Waals surface area contributed by atoms with Crippen molar-refractivity contribution >= 4 is 38.6 Å². The van der Waals surface area contributed by atoms with Gasteiger partial charge in [-0.3, -0.25) is 10.1 Å². The summed E-state index contributed by atoms with van der Waals surface area (Å²) in [5.74, 6) is 0.828. The number of anilines is 2. The molecule has 1 aliphatic rings. The van der Waals surface area contributed by atoms with E-state index >= 15 is 0 Å². The number of piperidine rings is 1. The molecular formula is C23H23N5O3S. The molecule has 4 aromatic rings. The number of pyridine rings is 1. The Bertz CT molecular complexity index is 1200. The van der Waals surface area contributed by atoms with Gasteiger partial charge in [0.2, 0.25) is 11.8 Å². The lowest BCUT2D eigenvalue weighted by Crippen LogP contribution is -2.40. The highest BCUT2D eigenvalue weighted by atomic mass is 32.1. The minimum atomic E-state index is -0.159. The van der Waals surface area contributed by atoms with E-state index in [1.807, 2.05) is 43.3 Å². The van der Waals surface area contributed by atoms with Crippen molar-refractivity contribution in [3.63, 3.8) is 0 Å². The van der Waals surface area contributed by atoms with Gasteiger partial charge in [0.25, 0.3) is 0 Å². The summed E-state index contributed by atoms with van der Waals surface area (Å²) in [6.07, 6.45) is 3.51. The number of hydrogen-bond donors (Lipinski definition) is 1. The predicted molar refractivity (Wildman–Crippen MR) is 124 cm³/mol. The molecule has 1 aliphatic heterocycles. The zero-order chi connectivity index (χ0) is 21.9. The lowest BCUT2D eigenvalue weighted by molar-refractivity contribution is -0.120. The van der Waals surface area contributed by atoms with Gasteiger partial charge >= 0.3 is 0 Å². The molecule has 1 atom stereocenters. The van der Waals surface area contributed by atoms with Crippen LogP contribution < -0.4 is 15.0 Å². The first-order valence-corrected chi connectivity index (χ1v) is 11.5. The average Bonchev–Trinajstić information content (AvgIpc) is 3.47. The van der Waals surface area contributed by atoms with Gasteiger partial charge in [0.05, 0.1) is 12.5 Å². The fourth-order valence-electron chi connectivity index (χ4n) is 3.90. The number of ether oxygens (including phenoxy) is 1. The number of rotatable bonds is 6. The van der Waals surface area contributed by atoms with E-state index in [1.54, 1.807) is 23.6 Å². The van der Waals surface area contributed by atoms with E-state index < -0.39 is 0 Å². The summed E-state index contributed by atoms with van der Waals surface area (Å²) in [5.41, 5.74) is 2.34. The third kappa shape index (κ3) is 4.16. The van der Waals surface area contributed by atoms with Gasteiger partial charge in [0.1, 0.15) is 21.8 Å². The number of thiazole rings is 1. The Morgan fingerprint density at radius 2 is 2.22 bits per heavy atom. The summed E-state index contributed by atoms with van der Waals surface area (Å²) in [6, 6.07) is 13.2. The van der Waals surface area contributed by atoms with E-state index in [9.17, 15) is 4.79 Å². The first kappa shape index (κ1) is 20.4. The van der Waals surface area contributed by atoms with Gasteiger partial charge < -0.3 is 14.2 Å². The molecule has 1 fully saturated rings. The topological polar surface area (TPSA) is 93.4 Å². The van der Waals surface area contributed by atoms with Crippen LogP contribution >= 0.6 is 11.3 Å². The molecule has 3 aromatic heterocycles. The molecule has 1 unspecified atom stereocenters. The normalized spacial score (nSPS) is 16.3. The van der Waals surface area contributed by atoms with E-state index in [1.165, 1.54) is 0 Å². The fraction of sp³-hybridized carbons (Fsp3) is 0.304. The molecule has 1 saturated heterocycles. The summed E-state index contributed by atoms with van der Waals surface area (Å²) in [5, 5.41) is 7.91. The van der Waals surface area contributed by atoms with E-state index in [2.05, 4.69) is 25.3 Å². The van der Waals surface area contributed by atoms with Gasteiger partial charge in [-0.2, -0.15) is 0 Å². The first-order valence-electron chi connectivity index (χ1n) is 10.7. The van der Waals surface area contributed by atoms with Gasteiger partial charge in [-0.1, -0.05) is 28.6 Å². The molecule has 0 aliphatic carbocycles. The van der Waals surface area contributed by atoms with Crippen LogP contribution in [0.2, 0.25) is 0 Å². The van der Waals surface area contributed by atoms with E-state index in [0.29, 0.717) is 24.7 Å². The van der Waals surface area contributed by atoms with E-state index in [0.717, 1.165) is 46.2 Å². The Labute approximate surface area is 189 Å². The zero-order valence-electron chi connectivity index (χ0n) is 17.7. The van der Waals surface area contributed by atoms with Gasteiger partial charge in [0.15, 0.2) is 5.13 Å². The van der Waals surface area contributed by atoms with Gasteiger partial charge in [-0.05, 0) is 44.0 Å². The minimum Gasteiger partial charge on any atom is -0.493 e. The number of para-hydroxylation sites is 1. The maximum Gasteiger partial charge on any atom is 0.231 e. The second-order valence-electron chi connectivity index (χ2n) is 7.60. The van der Waals surface area contributed by atoms with Crippen LogP contribution in [0.4, 0.5) is 11.0 Å². The van der Waals surface area contributed by atoms with Crippen LogP contribution in [0.5, 0.6) is 5.75 Å². The van der Waals surface area contributed by atoms with Crippen molar-refractivity contribution < 1.29 is 14.1 Å². The largest absolute Gasteiger partial charge is 0.493 e. The Morgan fingerprint density at radius 1 is 1.31 bits per heavy atom. The number of carbonyl (C=O) groups is 1. The summed E-state index contributed by atoms with van der Waals surface area (Å²) in [6.45, 7) is 3.98. The number of benzene rings is 1. The van der Waals surface area contributed by atoms with Crippen molar-refractivity contribution in [3.05, 3.63) is 48.7 Å². The lowest BCUT2D eigenvalue weighted by Gasteiger charge is -2.31. The quantitative estimate of drug-likeness (QED) is 0.460. The van der Waals surface area contributed by atoms with E-state index in [-0.39, 0.29) is 11.8 Å².